The number of nitrogens with zero attached hydrogens (tertiary/aromatic N) is 1. The van der Waals surface area contributed by atoms with Crippen LogP contribution in [0.1, 0.15) is 41.9 Å². The lowest BCUT2D eigenvalue weighted by Crippen LogP contribution is -2.39. The fourth-order valence-corrected chi connectivity index (χ4v) is 5.51. The molecule has 0 saturated carbocycles. The topological polar surface area (TPSA) is 54.6 Å². The maximum Gasteiger partial charge on any atom is 0.223 e. The van der Waals surface area contributed by atoms with Gasteiger partial charge in [-0.15, -0.1) is 0 Å². The van der Waals surface area contributed by atoms with E-state index in [9.17, 15) is 4.79 Å². The molecule has 4 aromatic rings. The number of aromatic nitrogens is 1. The number of benzene rings is 3. The molecule has 1 atom stereocenters. The number of nitrogens with one attached hydrogen (secondary N) is 1. The van der Waals surface area contributed by atoms with Crippen molar-refractivity contribution in [1.82, 2.24) is 9.88 Å². The van der Waals surface area contributed by atoms with E-state index in [1.165, 1.54) is 5.56 Å². The van der Waals surface area contributed by atoms with E-state index in [1.54, 1.807) is 14.2 Å². The van der Waals surface area contributed by atoms with Gasteiger partial charge in [0, 0.05) is 54.2 Å². The van der Waals surface area contributed by atoms with Crippen LogP contribution in [0.15, 0.2) is 79.0 Å². The summed E-state index contributed by atoms with van der Waals surface area (Å²) in [5.41, 5.74) is 4.56. The number of hydrogen-bond donors (Lipinski definition) is 1. The summed E-state index contributed by atoms with van der Waals surface area (Å²) in [5, 5.41) is 1.13. The molecule has 186 valence electrons. The van der Waals surface area contributed by atoms with Gasteiger partial charge < -0.3 is 19.4 Å². The zero-order valence-electron chi connectivity index (χ0n) is 21.1. The molecule has 5 heteroatoms. The number of fused-ring (bicyclic) bond motifs is 1. The highest BCUT2D eigenvalue weighted by Gasteiger charge is 2.29. The number of piperidine rings is 1. The second kappa shape index (κ2) is 10.9. The molecule has 0 unspecified atom stereocenters. The highest BCUT2D eigenvalue weighted by atomic mass is 16.5. The number of ether oxygens (including phenoxy) is 2. The Balaban J connectivity index is 1.37. The summed E-state index contributed by atoms with van der Waals surface area (Å²) in [6.07, 6.45) is 5.62. The summed E-state index contributed by atoms with van der Waals surface area (Å²) in [5.74, 6) is 2.17. The van der Waals surface area contributed by atoms with E-state index in [1.807, 2.05) is 36.5 Å². The van der Waals surface area contributed by atoms with Crippen LogP contribution in [0.5, 0.6) is 11.5 Å². The first-order valence-corrected chi connectivity index (χ1v) is 12.8. The van der Waals surface area contributed by atoms with Gasteiger partial charge in [-0.05, 0) is 48.4 Å². The quantitative estimate of drug-likeness (QED) is 0.326. The van der Waals surface area contributed by atoms with Crippen LogP contribution in [0.3, 0.4) is 0 Å². The van der Waals surface area contributed by atoms with Crippen molar-refractivity contribution in [2.45, 2.75) is 31.6 Å². The fourth-order valence-electron chi connectivity index (χ4n) is 5.51. The van der Waals surface area contributed by atoms with E-state index in [4.69, 9.17) is 9.47 Å². The number of carbonyl (C=O) groups excluding carboxylic acids is 1. The van der Waals surface area contributed by atoms with Gasteiger partial charge in [-0.2, -0.15) is 0 Å². The van der Waals surface area contributed by atoms with E-state index in [2.05, 4.69) is 52.3 Å². The number of amides is 1. The Morgan fingerprint density at radius 3 is 2.44 bits per heavy atom. The van der Waals surface area contributed by atoms with E-state index >= 15 is 0 Å². The average molecular weight is 483 g/mol. The van der Waals surface area contributed by atoms with Crippen molar-refractivity contribution >= 4 is 16.8 Å². The van der Waals surface area contributed by atoms with Gasteiger partial charge in [-0.3, -0.25) is 4.79 Å². The minimum atomic E-state index is -0.128. The molecule has 0 bridgehead atoms. The first kappa shape index (κ1) is 24.0. The summed E-state index contributed by atoms with van der Waals surface area (Å²) in [6, 6.07) is 24.8. The molecule has 0 radical (unpaired) electrons. The summed E-state index contributed by atoms with van der Waals surface area (Å²) in [4.78, 5) is 19.1. The van der Waals surface area contributed by atoms with Crippen LogP contribution in [0.2, 0.25) is 0 Å². The number of hydrogen-bond acceptors (Lipinski definition) is 3. The van der Waals surface area contributed by atoms with Gasteiger partial charge in [0.1, 0.15) is 11.5 Å². The molecule has 36 heavy (non-hydrogen) atoms. The van der Waals surface area contributed by atoms with Crippen LogP contribution >= 0.6 is 0 Å². The van der Waals surface area contributed by atoms with E-state index in [0.717, 1.165) is 65.9 Å². The van der Waals surface area contributed by atoms with E-state index < -0.39 is 0 Å². The fraction of sp³-hybridized carbons (Fsp3) is 0.323. The number of H-pyrrole nitrogens is 1. The lowest BCUT2D eigenvalue weighted by molar-refractivity contribution is -0.132. The molecular formula is C31H34N2O3. The van der Waals surface area contributed by atoms with E-state index in [-0.39, 0.29) is 11.8 Å². The Kier molecular flexibility index (Phi) is 7.26. The van der Waals surface area contributed by atoms with Crippen molar-refractivity contribution in [2.75, 3.05) is 27.3 Å². The third kappa shape index (κ3) is 5.11. The standard InChI is InChI=1S/C31H34N2O3/c1-35-24-12-13-26(30(19-24)36-2)27(28-21-32-29-11-7-6-10-25(28)29)20-31(34)33-16-14-23(15-17-33)18-22-8-4-3-5-9-22/h3-13,19,21,23,27,32H,14-18,20H2,1-2H3/t27-/m0/s1. The minimum absolute atomic E-state index is 0.128. The Morgan fingerprint density at radius 1 is 0.944 bits per heavy atom. The van der Waals surface area contributed by atoms with Crippen LogP contribution < -0.4 is 9.47 Å². The Labute approximate surface area is 213 Å². The van der Waals surface area contributed by atoms with Crippen LogP contribution in [-0.4, -0.2) is 43.1 Å². The summed E-state index contributed by atoms with van der Waals surface area (Å²) in [6.45, 7) is 1.63. The third-order valence-corrected chi connectivity index (χ3v) is 7.53. The predicted molar refractivity (Wildman–Crippen MR) is 144 cm³/mol. The molecule has 1 aliphatic heterocycles. The van der Waals surface area contributed by atoms with Crippen molar-refractivity contribution in [3.8, 4) is 11.5 Å². The summed E-state index contributed by atoms with van der Waals surface area (Å²) < 4.78 is 11.2. The molecule has 0 spiro atoms. The molecule has 1 saturated heterocycles. The van der Waals surface area contributed by atoms with Gasteiger partial charge in [-0.1, -0.05) is 54.6 Å². The maximum atomic E-state index is 13.7. The molecule has 5 rings (SSSR count). The monoisotopic (exact) mass is 482 g/mol. The van der Waals surface area contributed by atoms with Gasteiger partial charge in [-0.25, -0.2) is 0 Å². The first-order valence-electron chi connectivity index (χ1n) is 12.8. The molecule has 1 amide bonds. The number of methoxy groups -OCH3 is 2. The molecule has 3 aromatic carbocycles. The minimum Gasteiger partial charge on any atom is -0.497 e. The molecule has 5 nitrogen and oxygen atoms in total. The van der Waals surface area contributed by atoms with E-state index in [0.29, 0.717) is 12.3 Å². The summed E-state index contributed by atoms with van der Waals surface area (Å²) in [7, 11) is 3.32. The number of rotatable bonds is 8. The van der Waals surface area contributed by atoms with Gasteiger partial charge in [0.25, 0.3) is 0 Å². The Hall–Kier alpha value is -3.73. The van der Waals surface area contributed by atoms with Gasteiger partial charge in [0.15, 0.2) is 0 Å². The lowest BCUT2D eigenvalue weighted by Gasteiger charge is -2.33. The molecule has 1 N–H and O–H groups in total. The first-order chi connectivity index (χ1) is 17.7. The van der Waals surface area contributed by atoms with Crippen molar-refractivity contribution in [1.29, 1.82) is 0 Å². The van der Waals surface area contributed by atoms with Crippen LogP contribution in [0.4, 0.5) is 0 Å². The zero-order chi connectivity index (χ0) is 24.9. The molecule has 0 aliphatic carbocycles. The van der Waals surface area contributed by atoms with Crippen molar-refractivity contribution in [2.24, 2.45) is 5.92 Å². The molecule has 1 aromatic heterocycles. The maximum absolute atomic E-state index is 13.7. The van der Waals surface area contributed by atoms with Gasteiger partial charge in [0.2, 0.25) is 5.91 Å². The SMILES string of the molecule is COc1ccc([C@H](CC(=O)N2CCC(Cc3ccccc3)CC2)c2c[nH]c3ccccc23)c(OC)c1. The number of likely N-dealkylation sites (tertiary alicyclic amines) is 1. The van der Waals surface area contributed by atoms with Crippen LogP contribution in [-0.2, 0) is 11.2 Å². The largest absolute Gasteiger partial charge is 0.497 e. The van der Waals surface area contributed by atoms with Crippen molar-refractivity contribution < 1.29 is 14.3 Å². The highest BCUT2D eigenvalue weighted by Crippen LogP contribution is 2.40. The van der Waals surface area contributed by atoms with Crippen molar-refractivity contribution in [3.63, 3.8) is 0 Å². The second-order valence-corrected chi connectivity index (χ2v) is 9.67. The number of aromatic amines is 1. The van der Waals surface area contributed by atoms with Crippen molar-refractivity contribution in [3.05, 3.63) is 95.7 Å². The Morgan fingerprint density at radius 2 is 1.69 bits per heavy atom. The molecule has 1 aliphatic rings. The Bertz CT molecular complexity index is 1310. The third-order valence-electron chi connectivity index (χ3n) is 7.53. The van der Waals surface area contributed by atoms with Gasteiger partial charge in [0.05, 0.1) is 14.2 Å². The predicted octanol–water partition coefficient (Wildman–Crippen LogP) is 6.19. The average Bonchev–Trinajstić information content (AvgIpc) is 3.36. The number of carbonyl (C=O) groups is 1. The summed E-state index contributed by atoms with van der Waals surface area (Å²) >= 11 is 0. The zero-order valence-corrected chi connectivity index (χ0v) is 21.1. The van der Waals surface area contributed by atoms with Gasteiger partial charge >= 0.3 is 0 Å². The second-order valence-electron chi connectivity index (χ2n) is 9.67. The molecule has 1 fully saturated rings. The highest BCUT2D eigenvalue weighted by molar-refractivity contribution is 5.86. The van der Waals surface area contributed by atoms with Crippen LogP contribution in [0, 0.1) is 5.92 Å². The molecular weight excluding hydrogens is 448 g/mol. The number of para-hydroxylation sites is 1. The van der Waals surface area contributed by atoms with Crippen LogP contribution in [0.25, 0.3) is 10.9 Å². The molecule has 2 heterocycles. The lowest BCUT2D eigenvalue weighted by atomic mass is 9.86. The smallest absolute Gasteiger partial charge is 0.223 e. The normalized spacial score (nSPS) is 15.1.